The molecule has 3 heteroatoms. The summed E-state index contributed by atoms with van der Waals surface area (Å²) < 4.78 is 1.82. The molecule has 2 aromatic heterocycles. The Morgan fingerprint density at radius 1 is 1.16 bits per heavy atom. The number of nitrogens with zero attached hydrogens (tertiary/aromatic N) is 2. The Kier molecular flexibility index (Phi) is 5.40. The summed E-state index contributed by atoms with van der Waals surface area (Å²) in [5.74, 6) is 0. The molecule has 0 aliphatic rings. The summed E-state index contributed by atoms with van der Waals surface area (Å²) in [6.07, 6.45) is 11.7. The molecule has 0 saturated heterocycles. The van der Waals surface area contributed by atoms with Crippen molar-refractivity contribution in [2.24, 2.45) is 0 Å². The molecule has 0 spiro atoms. The van der Waals surface area contributed by atoms with Crippen molar-refractivity contribution in [1.29, 1.82) is 0 Å². The number of aromatic nitrogens is 2. The molecule has 2 aromatic rings. The molecule has 0 aromatic carbocycles. The lowest BCUT2D eigenvalue weighted by Crippen LogP contribution is -1.97. The van der Waals surface area contributed by atoms with E-state index in [4.69, 9.17) is 0 Å². The van der Waals surface area contributed by atoms with Gasteiger partial charge in [-0.05, 0) is 18.6 Å². The van der Waals surface area contributed by atoms with Crippen LogP contribution in [0.1, 0.15) is 63.5 Å². The Hall–Kier alpha value is -1.35. The average molecular weight is 260 g/mol. The first-order valence-electron chi connectivity index (χ1n) is 7.43. The molecule has 2 rings (SSSR count). The molecule has 2 heterocycles. The van der Waals surface area contributed by atoms with Crippen LogP contribution in [0.5, 0.6) is 0 Å². The van der Waals surface area contributed by atoms with Crippen molar-refractivity contribution in [2.45, 2.75) is 58.0 Å². The van der Waals surface area contributed by atoms with Crippen LogP contribution in [0.15, 0.2) is 30.6 Å². The van der Waals surface area contributed by atoms with Crippen LogP contribution < -0.4 is 0 Å². The van der Waals surface area contributed by atoms with E-state index >= 15 is 0 Å². The summed E-state index contributed by atoms with van der Waals surface area (Å²) in [7, 11) is 0. The number of aliphatic hydroxyl groups excluding tert-OH is 1. The van der Waals surface area contributed by atoms with Gasteiger partial charge in [0.2, 0.25) is 0 Å². The third-order valence-electron chi connectivity index (χ3n) is 3.65. The lowest BCUT2D eigenvalue weighted by atomic mass is 10.0. The topological polar surface area (TPSA) is 37.5 Å². The first kappa shape index (κ1) is 14.1. The van der Waals surface area contributed by atoms with E-state index in [0.717, 1.165) is 23.9 Å². The SMILES string of the molecule is CCCCCCCCC(O)c1cnn2ccccc12. The van der Waals surface area contributed by atoms with Crippen molar-refractivity contribution < 1.29 is 5.11 Å². The monoisotopic (exact) mass is 260 g/mol. The third kappa shape index (κ3) is 3.80. The molecular formula is C16H24N2O. The Morgan fingerprint density at radius 2 is 1.95 bits per heavy atom. The van der Waals surface area contributed by atoms with E-state index in [1.165, 1.54) is 32.1 Å². The van der Waals surface area contributed by atoms with Gasteiger partial charge in [-0.25, -0.2) is 4.52 Å². The van der Waals surface area contributed by atoms with Crippen LogP contribution in [0.3, 0.4) is 0 Å². The van der Waals surface area contributed by atoms with Crippen LogP contribution in [0.4, 0.5) is 0 Å². The summed E-state index contributed by atoms with van der Waals surface area (Å²) in [5, 5.41) is 14.5. The Labute approximate surface area is 115 Å². The van der Waals surface area contributed by atoms with Gasteiger partial charge in [-0.1, -0.05) is 51.5 Å². The minimum atomic E-state index is -0.383. The molecule has 0 radical (unpaired) electrons. The predicted molar refractivity (Wildman–Crippen MR) is 78.1 cm³/mol. The van der Waals surface area contributed by atoms with E-state index in [2.05, 4.69) is 12.0 Å². The zero-order valence-corrected chi connectivity index (χ0v) is 11.8. The van der Waals surface area contributed by atoms with Crippen LogP contribution in [-0.4, -0.2) is 14.7 Å². The Bertz CT molecular complexity index is 492. The smallest absolute Gasteiger partial charge is 0.0826 e. The summed E-state index contributed by atoms with van der Waals surface area (Å²) in [4.78, 5) is 0. The van der Waals surface area contributed by atoms with Crippen molar-refractivity contribution in [3.05, 3.63) is 36.2 Å². The molecule has 0 bridgehead atoms. The highest BCUT2D eigenvalue weighted by molar-refractivity contribution is 5.54. The van der Waals surface area contributed by atoms with Gasteiger partial charge in [0.15, 0.2) is 0 Å². The maximum absolute atomic E-state index is 10.3. The average Bonchev–Trinajstić information content (AvgIpc) is 2.86. The standard InChI is InChI=1S/C16H24N2O/c1-2-3-4-5-6-7-11-16(19)14-13-17-18-12-9-8-10-15(14)18/h8-10,12-13,16,19H,2-7,11H2,1H3. The van der Waals surface area contributed by atoms with E-state index in [1.807, 2.05) is 28.9 Å². The number of unbranched alkanes of at least 4 members (excludes halogenated alkanes) is 5. The molecule has 1 atom stereocenters. The van der Waals surface area contributed by atoms with Gasteiger partial charge in [0.1, 0.15) is 0 Å². The van der Waals surface area contributed by atoms with Crippen molar-refractivity contribution in [3.8, 4) is 0 Å². The van der Waals surface area contributed by atoms with Gasteiger partial charge in [-0.2, -0.15) is 5.10 Å². The van der Waals surface area contributed by atoms with Crippen LogP contribution >= 0.6 is 0 Å². The lowest BCUT2D eigenvalue weighted by molar-refractivity contribution is 0.164. The van der Waals surface area contributed by atoms with E-state index < -0.39 is 0 Å². The second-order valence-electron chi connectivity index (χ2n) is 5.20. The molecule has 0 fully saturated rings. The molecule has 0 aliphatic carbocycles. The number of fused-ring (bicyclic) bond motifs is 1. The first-order valence-corrected chi connectivity index (χ1v) is 7.43. The van der Waals surface area contributed by atoms with Crippen molar-refractivity contribution in [2.75, 3.05) is 0 Å². The normalized spacial score (nSPS) is 12.9. The fourth-order valence-corrected chi connectivity index (χ4v) is 2.48. The van der Waals surface area contributed by atoms with E-state index in [-0.39, 0.29) is 6.10 Å². The highest BCUT2D eigenvalue weighted by atomic mass is 16.3. The zero-order valence-electron chi connectivity index (χ0n) is 11.8. The summed E-state index contributed by atoms with van der Waals surface area (Å²) >= 11 is 0. The van der Waals surface area contributed by atoms with Crippen LogP contribution in [0.25, 0.3) is 5.52 Å². The second kappa shape index (κ2) is 7.29. The number of rotatable bonds is 8. The van der Waals surface area contributed by atoms with Gasteiger partial charge in [0, 0.05) is 11.8 Å². The van der Waals surface area contributed by atoms with E-state index in [9.17, 15) is 5.11 Å². The van der Waals surface area contributed by atoms with Gasteiger partial charge in [-0.3, -0.25) is 0 Å². The Morgan fingerprint density at radius 3 is 2.79 bits per heavy atom. The number of hydrogen-bond acceptors (Lipinski definition) is 2. The maximum Gasteiger partial charge on any atom is 0.0826 e. The third-order valence-corrected chi connectivity index (χ3v) is 3.65. The molecule has 0 amide bonds. The Balaban J connectivity index is 1.81. The second-order valence-corrected chi connectivity index (χ2v) is 5.20. The lowest BCUT2D eigenvalue weighted by Gasteiger charge is -2.09. The molecule has 1 unspecified atom stereocenters. The highest BCUT2D eigenvalue weighted by Crippen LogP contribution is 2.23. The summed E-state index contributed by atoms with van der Waals surface area (Å²) in [6, 6.07) is 5.94. The van der Waals surface area contributed by atoms with Crippen LogP contribution in [0, 0.1) is 0 Å². The summed E-state index contributed by atoms with van der Waals surface area (Å²) in [6.45, 7) is 2.23. The largest absolute Gasteiger partial charge is 0.388 e. The number of pyridine rings is 1. The minimum absolute atomic E-state index is 0.383. The van der Waals surface area contributed by atoms with Crippen molar-refractivity contribution in [1.82, 2.24) is 9.61 Å². The molecule has 3 nitrogen and oxygen atoms in total. The highest BCUT2D eigenvalue weighted by Gasteiger charge is 2.12. The zero-order chi connectivity index (χ0) is 13.5. The van der Waals surface area contributed by atoms with Gasteiger partial charge in [0.25, 0.3) is 0 Å². The van der Waals surface area contributed by atoms with Gasteiger partial charge in [-0.15, -0.1) is 0 Å². The van der Waals surface area contributed by atoms with Crippen molar-refractivity contribution >= 4 is 5.52 Å². The van der Waals surface area contributed by atoms with Crippen molar-refractivity contribution in [3.63, 3.8) is 0 Å². The van der Waals surface area contributed by atoms with Crippen LogP contribution in [0.2, 0.25) is 0 Å². The quantitative estimate of drug-likeness (QED) is 0.725. The molecular weight excluding hydrogens is 236 g/mol. The molecule has 0 aliphatic heterocycles. The van der Waals surface area contributed by atoms with Crippen LogP contribution in [-0.2, 0) is 0 Å². The summed E-state index contributed by atoms with van der Waals surface area (Å²) in [5.41, 5.74) is 1.97. The fraction of sp³-hybridized carbons (Fsp3) is 0.562. The molecule has 0 saturated carbocycles. The van der Waals surface area contributed by atoms with Gasteiger partial charge < -0.3 is 5.11 Å². The maximum atomic E-state index is 10.3. The first-order chi connectivity index (χ1) is 9.33. The van der Waals surface area contributed by atoms with E-state index in [1.54, 1.807) is 6.20 Å². The molecule has 1 N–H and O–H groups in total. The van der Waals surface area contributed by atoms with Gasteiger partial charge in [0.05, 0.1) is 17.8 Å². The minimum Gasteiger partial charge on any atom is -0.388 e. The molecule has 104 valence electrons. The van der Waals surface area contributed by atoms with E-state index in [0.29, 0.717) is 0 Å². The fourth-order valence-electron chi connectivity index (χ4n) is 2.48. The molecule has 19 heavy (non-hydrogen) atoms. The predicted octanol–water partition coefficient (Wildman–Crippen LogP) is 4.12. The van der Waals surface area contributed by atoms with Gasteiger partial charge >= 0.3 is 0 Å². The number of hydrogen-bond donors (Lipinski definition) is 1. The number of aliphatic hydroxyl groups is 1.